The topological polar surface area (TPSA) is 337 Å². The third kappa shape index (κ3) is 8.61. The second-order valence-corrected chi connectivity index (χ2v) is 12.1. The van der Waals surface area contributed by atoms with Crippen molar-refractivity contribution in [2.24, 2.45) is 0 Å². The van der Waals surface area contributed by atoms with Crippen LogP contribution in [0.2, 0.25) is 0 Å². The van der Waals surface area contributed by atoms with Gasteiger partial charge in [0.15, 0.2) is 25.2 Å². The Kier molecular flexibility index (Phi) is 14.6. The summed E-state index contributed by atoms with van der Waals surface area (Å²) in [6.45, 7) is -0.924. The Morgan fingerprint density at radius 1 is 0.417 bits per heavy atom. The lowest BCUT2D eigenvalue weighted by Crippen LogP contribution is -2.65. The van der Waals surface area contributed by atoms with Gasteiger partial charge in [0.05, 0.1) is 26.4 Å². The normalized spacial score (nSPS) is 50.4. The zero-order valence-corrected chi connectivity index (χ0v) is 25.9. The Hall–Kier alpha value is -0.840. The Morgan fingerprint density at radius 3 is 1.27 bits per heavy atom. The summed E-state index contributed by atoms with van der Waals surface area (Å²) in [6, 6.07) is 0. The van der Waals surface area contributed by atoms with Crippen molar-refractivity contribution in [2.45, 2.75) is 136 Å². The first-order valence-electron chi connectivity index (χ1n) is 15.6. The van der Waals surface area contributed by atoms with Crippen molar-refractivity contribution >= 4 is 0 Å². The second-order valence-electron chi connectivity index (χ2n) is 12.1. The van der Waals surface area contributed by atoms with E-state index in [-0.39, 0.29) is 6.61 Å². The van der Waals surface area contributed by atoms with Crippen molar-refractivity contribution in [3.8, 4) is 0 Å². The standard InChI is InChI=1S/C27H48O21/c1-2-3-41-24-19(37)18(36)14(32)10(46-24)6-43-26-22(40)23(48-27-21(39)17(35)13(31)9(5-29)45-27)15(33)11(47-26)7-42-25-20(38)16(34)12(30)8(4-28)44-25/h8-40H,2-7H2,1H3/t8-,9-,10-,11-,12-,13-,14-,15-,16+,17+,18+,19-,20-,21-,22-,23+,24+,25+,26+,27-/m1/s1. The molecule has 4 fully saturated rings. The van der Waals surface area contributed by atoms with Crippen LogP contribution in [0.4, 0.5) is 0 Å². The lowest BCUT2D eigenvalue weighted by Gasteiger charge is -2.47. The van der Waals surface area contributed by atoms with Gasteiger partial charge >= 0.3 is 0 Å². The smallest absolute Gasteiger partial charge is 0.187 e. The molecule has 282 valence electrons. The van der Waals surface area contributed by atoms with Gasteiger partial charge in [0.1, 0.15) is 97.7 Å². The summed E-state index contributed by atoms with van der Waals surface area (Å²) in [5.74, 6) is 0. The van der Waals surface area contributed by atoms with E-state index in [1.54, 1.807) is 6.92 Å². The number of aliphatic hydroxyl groups is 13. The number of ether oxygens (including phenoxy) is 8. The molecule has 0 aromatic carbocycles. The molecular weight excluding hydrogens is 660 g/mol. The van der Waals surface area contributed by atoms with Crippen molar-refractivity contribution in [3.05, 3.63) is 0 Å². The first-order chi connectivity index (χ1) is 22.7. The predicted octanol–water partition coefficient (Wildman–Crippen LogP) is -8.31. The summed E-state index contributed by atoms with van der Waals surface area (Å²) in [5.41, 5.74) is 0. The molecule has 0 aromatic heterocycles. The maximum Gasteiger partial charge on any atom is 0.187 e. The molecule has 4 aliphatic heterocycles. The van der Waals surface area contributed by atoms with Gasteiger partial charge < -0.3 is 104 Å². The summed E-state index contributed by atoms with van der Waals surface area (Å²) >= 11 is 0. The van der Waals surface area contributed by atoms with Crippen molar-refractivity contribution in [1.82, 2.24) is 0 Å². The number of hydrogen-bond acceptors (Lipinski definition) is 21. The lowest BCUT2D eigenvalue weighted by atomic mass is 9.96. The maximum absolute atomic E-state index is 11.2. The molecule has 20 atom stereocenters. The largest absolute Gasteiger partial charge is 0.394 e. The summed E-state index contributed by atoms with van der Waals surface area (Å²) in [7, 11) is 0. The first kappa shape index (κ1) is 39.9. The number of hydrogen-bond donors (Lipinski definition) is 13. The van der Waals surface area contributed by atoms with Gasteiger partial charge in [-0.3, -0.25) is 0 Å². The molecule has 4 saturated heterocycles. The molecule has 0 amide bonds. The Labute approximate surface area is 273 Å². The molecule has 21 heteroatoms. The van der Waals surface area contributed by atoms with Gasteiger partial charge in [0.25, 0.3) is 0 Å². The quantitative estimate of drug-likeness (QED) is 0.0844. The minimum absolute atomic E-state index is 0.146. The van der Waals surface area contributed by atoms with Gasteiger partial charge in [-0.25, -0.2) is 0 Å². The average Bonchev–Trinajstić information content (AvgIpc) is 3.08. The zero-order chi connectivity index (χ0) is 35.4. The maximum atomic E-state index is 11.2. The molecule has 0 radical (unpaired) electrons. The fourth-order valence-electron chi connectivity index (χ4n) is 5.68. The molecule has 0 saturated carbocycles. The molecule has 4 rings (SSSR count). The van der Waals surface area contributed by atoms with Crippen molar-refractivity contribution in [3.63, 3.8) is 0 Å². The van der Waals surface area contributed by atoms with Crippen molar-refractivity contribution < 1.29 is 104 Å². The van der Waals surface area contributed by atoms with E-state index in [1.807, 2.05) is 0 Å². The van der Waals surface area contributed by atoms with Crippen LogP contribution in [0.1, 0.15) is 13.3 Å². The molecule has 48 heavy (non-hydrogen) atoms. The molecule has 0 aliphatic carbocycles. The minimum Gasteiger partial charge on any atom is -0.394 e. The van der Waals surface area contributed by atoms with E-state index < -0.39 is 149 Å². The molecule has 21 nitrogen and oxygen atoms in total. The van der Waals surface area contributed by atoms with Gasteiger partial charge in [-0.1, -0.05) is 6.92 Å². The molecule has 13 N–H and O–H groups in total. The van der Waals surface area contributed by atoms with Crippen LogP contribution in [0.3, 0.4) is 0 Å². The Morgan fingerprint density at radius 2 is 0.792 bits per heavy atom. The number of aliphatic hydroxyl groups excluding tert-OH is 13. The van der Waals surface area contributed by atoms with Crippen LogP contribution in [0.5, 0.6) is 0 Å². The molecule has 0 spiro atoms. The van der Waals surface area contributed by atoms with E-state index in [4.69, 9.17) is 37.9 Å². The van der Waals surface area contributed by atoms with Crippen LogP contribution in [-0.2, 0) is 37.9 Å². The van der Waals surface area contributed by atoms with Gasteiger partial charge in [0, 0.05) is 6.61 Å². The molecule has 0 unspecified atom stereocenters. The van der Waals surface area contributed by atoms with E-state index in [0.717, 1.165) is 0 Å². The lowest BCUT2D eigenvalue weighted by molar-refractivity contribution is -0.370. The molecule has 0 aromatic rings. The average molecular weight is 709 g/mol. The minimum atomic E-state index is -1.94. The highest BCUT2D eigenvalue weighted by molar-refractivity contribution is 4.96. The van der Waals surface area contributed by atoms with Crippen LogP contribution in [0, 0.1) is 0 Å². The first-order valence-corrected chi connectivity index (χ1v) is 15.6. The second kappa shape index (κ2) is 17.6. The van der Waals surface area contributed by atoms with Crippen LogP contribution in [0.15, 0.2) is 0 Å². The summed E-state index contributed by atoms with van der Waals surface area (Å²) in [5, 5.41) is 134. The molecular formula is C27H48O21. The highest BCUT2D eigenvalue weighted by atomic mass is 16.8. The monoisotopic (exact) mass is 708 g/mol. The van der Waals surface area contributed by atoms with Gasteiger partial charge in [-0.05, 0) is 6.42 Å². The third-order valence-electron chi connectivity index (χ3n) is 8.63. The molecule has 0 bridgehead atoms. The van der Waals surface area contributed by atoms with E-state index in [1.165, 1.54) is 0 Å². The van der Waals surface area contributed by atoms with Crippen LogP contribution >= 0.6 is 0 Å². The highest BCUT2D eigenvalue weighted by Gasteiger charge is 2.53. The van der Waals surface area contributed by atoms with Gasteiger partial charge in [0.2, 0.25) is 0 Å². The highest BCUT2D eigenvalue weighted by Crippen LogP contribution is 2.32. The zero-order valence-electron chi connectivity index (χ0n) is 25.9. The summed E-state index contributed by atoms with van der Waals surface area (Å²) in [6.07, 6.45) is -33.1. The summed E-state index contributed by atoms with van der Waals surface area (Å²) in [4.78, 5) is 0. The number of rotatable bonds is 13. The Balaban J connectivity index is 1.51. The van der Waals surface area contributed by atoms with Gasteiger partial charge in [-0.2, -0.15) is 0 Å². The van der Waals surface area contributed by atoms with E-state index >= 15 is 0 Å². The van der Waals surface area contributed by atoms with E-state index in [9.17, 15) is 66.4 Å². The molecule has 4 aliphatic rings. The third-order valence-corrected chi connectivity index (χ3v) is 8.63. The fourth-order valence-corrected chi connectivity index (χ4v) is 5.68. The van der Waals surface area contributed by atoms with E-state index in [0.29, 0.717) is 6.42 Å². The van der Waals surface area contributed by atoms with Crippen LogP contribution < -0.4 is 0 Å². The Bertz CT molecular complexity index is 962. The fraction of sp³-hybridized carbons (Fsp3) is 1.00. The van der Waals surface area contributed by atoms with Crippen molar-refractivity contribution in [2.75, 3.05) is 33.0 Å². The van der Waals surface area contributed by atoms with Gasteiger partial charge in [-0.15, -0.1) is 0 Å². The predicted molar refractivity (Wildman–Crippen MR) is 148 cm³/mol. The van der Waals surface area contributed by atoms with Crippen molar-refractivity contribution in [1.29, 1.82) is 0 Å². The SMILES string of the molecule is CCCO[C@H]1O[C@H](CO[C@H]2O[C@H](CO[C@H]3O[C@H](CO)[C@@H](O)[C@H](O)[C@H]3O)[C@@H](O)[C@H](O[C@H]3O[C@H](CO)[C@@H](O)[C@H](O)[C@H]3O)[C@H]2O)[C@@H](O)[C@H](O)[C@H]1O. The van der Waals surface area contributed by atoms with Crippen LogP contribution in [0.25, 0.3) is 0 Å². The van der Waals surface area contributed by atoms with Crippen LogP contribution in [-0.4, -0.2) is 222 Å². The van der Waals surface area contributed by atoms with E-state index in [2.05, 4.69) is 0 Å². The summed E-state index contributed by atoms with van der Waals surface area (Å²) < 4.78 is 44.1. The molecule has 4 heterocycles.